The minimum atomic E-state index is -0.541. The summed E-state index contributed by atoms with van der Waals surface area (Å²) in [5.74, 6) is 0.555. The molecule has 0 aliphatic rings. The van der Waals surface area contributed by atoms with Crippen molar-refractivity contribution in [3.63, 3.8) is 0 Å². The van der Waals surface area contributed by atoms with Crippen LogP contribution >= 0.6 is 0 Å². The lowest BCUT2D eigenvalue weighted by Gasteiger charge is -2.10. The summed E-state index contributed by atoms with van der Waals surface area (Å²) >= 11 is 0. The number of amides is 1. The number of hydrogen-bond acceptors (Lipinski definition) is 4. The van der Waals surface area contributed by atoms with E-state index in [9.17, 15) is 4.79 Å². The Balaban J connectivity index is 1.99. The molecule has 6 nitrogen and oxygen atoms in total. The molecule has 1 aromatic heterocycles. The lowest BCUT2D eigenvalue weighted by Crippen LogP contribution is -2.18. The van der Waals surface area contributed by atoms with Gasteiger partial charge in [-0.15, -0.1) is 0 Å². The summed E-state index contributed by atoms with van der Waals surface area (Å²) < 4.78 is 6.74. The molecule has 1 amide bonds. The number of carbonyl (C=O) groups excluding carboxylic acids is 1. The molecule has 1 aromatic carbocycles. The first-order valence-electron chi connectivity index (χ1n) is 6.74. The van der Waals surface area contributed by atoms with Crippen molar-refractivity contribution in [1.82, 2.24) is 9.78 Å². The molecule has 21 heavy (non-hydrogen) atoms. The third-order valence-corrected chi connectivity index (χ3v) is 3.17. The van der Waals surface area contributed by atoms with Crippen molar-refractivity contribution in [3.05, 3.63) is 47.2 Å². The molecule has 0 aliphatic carbocycles. The predicted octanol–water partition coefficient (Wildman–Crippen LogP) is 2.24. The van der Waals surface area contributed by atoms with Crippen molar-refractivity contribution in [2.45, 2.75) is 27.0 Å². The molecule has 0 aliphatic heterocycles. The molecule has 2 aromatic rings. The first-order chi connectivity index (χ1) is 10.1. The van der Waals surface area contributed by atoms with Crippen LogP contribution in [-0.4, -0.2) is 27.6 Å². The Labute approximate surface area is 123 Å². The predicted molar refractivity (Wildman–Crippen MR) is 79.0 cm³/mol. The van der Waals surface area contributed by atoms with Gasteiger partial charge in [-0.1, -0.05) is 30.3 Å². The van der Waals surface area contributed by atoms with Crippen LogP contribution in [0.1, 0.15) is 16.8 Å². The molecule has 0 radical (unpaired) electrons. The average Bonchev–Trinajstić information content (AvgIpc) is 2.74. The number of benzene rings is 1. The SMILES string of the molecule is Cc1nn(CCO)c(NC(=O)OCc2ccccc2)c1C. The number of carbonyl (C=O) groups is 1. The molecule has 2 rings (SSSR count). The summed E-state index contributed by atoms with van der Waals surface area (Å²) in [6.07, 6.45) is -0.541. The molecule has 1 heterocycles. The van der Waals surface area contributed by atoms with E-state index in [0.717, 1.165) is 16.8 Å². The second kappa shape index (κ2) is 6.90. The van der Waals surface area contributed by atoms with E-state index in [1.54, 1.807) is 4.68 Å². The Morgan fingerprint density at radius 2 is 2.05 bits per heavy atom. The maximum atomic E-state index is 11.9. The first kappa shape index (κ1) is 15.1. The Bertz CT molecular complexity index is 608. The average molecular weight is 289 g/mol. The molecule has 0 spiro atoms. The Hall–Kier alpha value is -2.34. The molecule has 0 saturated heterocycles. The number of hydrogen-bond donors (Lipinski definition) is 2. The number of nitrogens with one attached hydrogen (secondary N) is 1. The van der Waals surface area contributed by atoms with Crippen LogP contribution in [0, 0.1) is 13.8 Å². The van der Waals surface area contributed by atoms with Gasteiger partial charge in [-0.2, -0.15) is 5.10 Å². The number of nitrogens with zero attached hydrogens (tertiary/aromatic N) is 2. The molecule has 0 saturated carbocycles. The summed E-state index contributed by atoms with van der Waals surface area (Å²) in [5, 5.41) is 16.0. The third-order valence-electron chi connectivity index (χ3n) is 3.17. The van der Waals surface area contributed by atoms with Crippen LogP contribution in [0.2, 0.25) is 0 Å². The van der Waals surface area contributed by atoms with Gasteiger partial charge in [-0.25, -0.2) is 9.48 Å². The zero-order valence-electron chi connectivity index (χ0n) is 12.2. The van der Waals surface area contributed by atoms with Crippen LogP contribution in [0.25, 0.3) is 0 Å². The van der Waals surface area contributed by atoms with Gasteiger partial charge in [-0.05, 0) is 19.4 Å². The van der Waals surface area contributed by atoms with E-state index in [4.69, 9.17) is 9.84 Å². The molecular formula is C15H19N3O3. The topological polar surface area (TPSA) is 76.4 Å². The highest BCUT2D eigenvalue weighted by Crippen LogP contribution is 2.18. The van der Waals surface area contributed by atoms with Gasteiger partial charge in [0.25, 0.3) is 0 Å². The largest absolute Gasteiger partial charge is 0.444 e. The molecule has 0 fully saturated rings. The van der Waals surface area contributed by atoms with Crippen molar-refractivity contribution in [1.29, 1.82) is 0 Å². The standard InChI is InChI=1S/C15H19N3O3/c1-11-12(2)17-18(8-9-19)14(11)16-15(20)21-10-13-6-4-3-5-7-13/h3-7,19H,8-10H2,1-2H3,(H,16,20). The highest BCUT2D eigenvalue weighted by Gasteiger charge is 2.14. The van der Waals surface area contributed by atoms with Crippen LogP contribution in [0.5, 0.6) is 0 Å². The molecular weight excluding hydrogens is 270 g/mol. The summed E-state index contributed by atoms with van der Waals surface area (Å²) in [7, 11) is 0. The van der Waals surface area contributed by atoms with E-state index in [1.165, 1.54) is 0 Å². The number of aromatic nitrogens is 2. The Morgan fingerprint density at radius 1 is 1.33 bits per heavy atom. The molecule has 112 valence electrons. The quantitative estimate of drug-likeness (QED) is 0.885. The van der Waals surface area contributed by atoms with Crippen molar-refractivity contribution < 1.29 is 14.6 Å². The number of rotatable bonds is 5. The van der Waals surface area contributed by atoms with Gasteiger partial charge in [0.05, 0.1) is 18.8 Å². The molecule has 6 heteroatoms. The minimum absolute atomic E-state index is 0.0473. The van der Waals surface area contributed by atoms with Gasteiger partial charge < -0.3 is 9.84 Å². The molecule has 0 atom stereocenters. The van der Waals surface area contributed by atoms with Crippen LogP contribution < -0.4 is 5.32 Å². The smallest absolute Gasteiger partial charge is 0.413 e. The monoisotopic (exact) mass is 289 g/mol. The maximum absolute atomic E-state index is 11.9. The zero-order valence-corrected chi connectivity index (χ0v) is 12.2. The first-order valence-corrected chi connectivity index (χ1v) is 6.74. The summed E-state index contributed by atoms with van der Waals surface area (Å²) in [6, 6.07) is 9.46. The minimum Gasteiger partial charge on any atom is -0.444 e. The lowest BCUT2D eigenvalue weighted by molar-refractivity contribution is 0.154. The van der Waals surface area contributed by atoms with E-state index >= 15 is 0 Å². The number of aryl methyl sites for hydroxylation is 1. The van der Waals surface area contributed by atoms with E-state index in [2.05, 4.69) is 10.4 Å². The van der Waals surface area contributed by atoms with Gasteiger partial charge in [0.1, 0.15) is 12.4 Å². The maximum Gasteiger partial charge on any atom is 0.413 e. The summed E-state index contributed by atoms with van der Waals surface area (Å²) in [6.45, 7) is 4.20. The van der Waals surface area contributed by atoms with Gasteiger partial charge in [0.2, 0.25) is 0 Å². The fourth-order valence-corrected chi connectivity index (χ4v) is 1.94. The van der Waals surface area contributed by atoms with E-state index < -0.39 is 6.09 Å². The number of aliphatic hydroxyl groups excluding tert-OH is 1. The highest BCUT2D eigenvalue weighted by atomic mass is 16.5. The lowest BCUT2D eigenvalue weighted by atomic mass is 10.2. The molecule has 0 bridgehead atoms. The number of aliphatic hydroxyl groups is 1. The van der Waals surface area contributed by atoms with Gasteiger partial charge in [0.15, 0.2) is 0 Å². The van der Waals surface area contributed by atoms with Crippen molar-refractivity contribution in [2.24, 2.45) is 0 Å². The van der Waals surface area contributed by atoms with Crippen molar-refractivity contribution in [3.8, 4) is 0 Å². The van der Waals surface area contributed by atoms with Crippen molar-refractivity contribution >= 4 is 11.9 Å². The van der Waals surface area contributed by atoms with Gasteiger partial charge in [-0.3, -0.25) is 5.32 Å². The second-order valence-electron chi connectivity index (χ2n) is 4.69. The van der Waals surface area contributed by atoms with E-state index in [1.807, 2.05) is 44.2 Å². The van der Waals surface area contributed by atoms with Crippen LogP contribution in [0.3, 0.4) is 0 Å². The third kappa shape index (κ3) is 3.82. The van der Waals surface area contributed by atoms with Gasteiger partial charge >= 0.3 is 6.09 Å². The number of ether oxygens (including phenoxy) is 1. The Kier molecular flexibility index (Phi) is 4.94. The highest BCUT2D eigenvalue weighted by molar-refractivity contribution is 5.84. The fraction of sp³-hybridized carbons (Fsp3) is 0.333. The summed E-state index contributed by atoms with van der Waals surface area (Å²) in [4.78, 5) is 11.9. The van der Waals surface area contributed by atoms with Crippen molar-refractivity contribution in [2.75, 3.05) is 11.9 Å². The van der Waals surface area contributed by atoms with Gasteiger partial charge in [0, 0.05) is 5.56 Å². The fourth-order valence-electron chi connectivity index (χ4n) is 1.94. The van der Waals surface area contributed by atoms with Crippen LogP contribution in [-0.2, 0) is 17.9 Å². The van der Waals surface area contributed by atoms with Crippen LogP contribution in [0.4, 0.5) is 10.6 Å². The Morgan fingerprint density at radius 3 is 2.71 bits per heavy atom. The molecule has 0 unspecified atom stereocenters. The molecule has 2 N–H and O–H groups in total. The second-order valence-corrected chi connectivity index (χ2v) is 4.69. The summed E-state index contributed by atoms with van der Waals surface area (Å²) in [5.41, 5.74) is 2.59. The van der Waals surface area contributed by atoms with E-state index in [0.29, 0.717) is 12.4 Å². The zero-order chi connectivity index (χ0) is 15.2. The van der Waals surface area contributed by atoms with E-state index in [-0.39, 0.29) is 13.2 Å². The normalized spacial score (nSPS) is 10.4. The number of anilines is 1. The van der Waals surface area contributed by atoms with Crippen LogP contribution in [0.15, 0.2) is 30.3 Å².